The van der Waals surface area contributed by atoms with Crippen LogP contribution in [0.1, 0.15) is 32.7 Å². The normalized spacial score (nSPS) is 13.1. The quantitative estimate of drug-likeness (QED) is 0.212. The first kappa shape index (κ1) is 21.7. The summed E-state index contributed by atoms with van der Waals surface area (Å²) in [6.45, 7) is 0. The van der Waals surface area contributed by atoms with E-state index in [1.54, 1.807) is 22.7 Å². The Labute approximate surface area is 202 Å². The molecule has 0 radical (unpaired) electrons. The second-order valence-corrected chi connectivity index (χ2v) is 10.8. The highest BCUT2D eigenvalue weighted by Gasteiger charge is 2.31. The van der Waals surface area contributed by atoms with Gasteiger partial charge < -0.3 is 0 Å². The van der Waals surface area contributed by atoms with Gasteiger partial charge in [0.2, 0.25) is 0 Å². The number of halogens is 2. The maximum absolute atomic E-state index is 14.1. The predicted molar refractivity (Wildman–Crippen MR) is 135 cm³/mol. The molecule has 0 N–H and O–H groups in total. The van der Waals surface area contributed by atoms with E-state index >= 15 is 0 Å². The largest absolute Gasteiger partial charge is 0.298 e. The van der Waals surface area contributed by atoms with Crippen molar-refractivity contribution in [3.63, 3.8) is 0 Å². The van der Waals surface area contributed by atoms with Gasteiger partial charge in [-0.05, 0) is 78.7 Å². The van der Waals surface area contributed by atoms with Crippen LogP contribution in [0.2, 0.25) is 0 Å². The van der Waals surface area contributed by atoms with Crippen LogP contribution in [0.15, 0.2) is 92.5 Å². The number of carbonyl (C=O) groups is 1. The summed E-state index contributed by atoms with van der Waals surface area (Å²) in [7, 11) is 0. The second kappa shape index (κ2) is 10.2. The van der Waals surface area contributed by atoms with Crippen molar-refractivity contribution < 1.29 is 4.79 Å². The number of benzene rings is 2. The molecule has 2 heterocycles. The second-order valence-electron chi connectivity index (χ2n) is 7.12. The molecule has 152 valence electrons. The number of rotatable bonds is 8. The fourth-order valence-electron chi connectivity index (χ4n) is 3.69. The van der Waals surface area contributed by atoms with Crippen LogP contribution in [0.3, 0.4) is 0 Å². The topological polar surface area (TPSA) is 17.1 Å². The lowest BCUT2D eigenvalue weighted by Crippen LogP contribution is -2.24. The molecule has 2 aromatic carbocycles. The van der Waals surface area contributed by atoms with E-state index in [0.29, 0.717) is 12.8 Å². The van der Waals surface area contributed by atoms with E-state index in [4.69, 9.17) is 0 Å². The van der Waals surface area contributed by atoms with Crippen LogP contribution in [-0.4, -0.2) is 5.78 Å². The zero-order chi connectivity index (χ0) is 20.9. The molecule has 2 atom stereocenters. The van der Waals surface area contributed by atoms with E-state index < -0.39 is 0 Å². The van der Waals surface area contributed by atoms with Gasteiger partial charge in [-0.15, -0.1) is 22.7 Å². The van der Waals surface area contributed by atoms with Crippen LogP contribution in [0.4, 0.5) is 0 Å². The Morgan fingerprint density at radius 2 is 1.07 bits per heavy atom. The van der Waals surface area contributed by atoms with Crippen molar-refractivity contribution in [3.8, 4) is 0 Å². The molecule has 0 amide bonds. The molecule has 4 aromatic rings. The van der Waals surface area contributed by atoms with Crippen LogP contribution in [0.5, 0.6) is 0 Å². The lowest BCUT2D eigenvalue weighted by Gasteiger charge is -2.23. The summed E-state index contributed by atoms with van der Waals surface area (Å²) in [5.74, 6) is -0.108. The monoisotopic (exact) mass is 558 g/mol. The number of carbonyl (C=O) groups excluding carboxylic acids is 1. The average molecular weight is 560 g/mol. The molecule has 0 aliphatic heterocycles. The third-order valence-electron chi connectivity index (χ3n) is 5.25. The number of thiophene rings is 2. The van der Waals surface area contributed by atoms with Crippen molar-refractivity contribution in [1.29, 1.82) is 0 Å². The third-order valence-corrected chi connectivity index (χ3v) is 9.15. The SMILES string of the molecule is O=C(C(Cc1sccc1Br)c1ccccc1)C(Cc1sccc1Br)c1ccccc1. The van der Waals surface area contributed by atoms with Crippen molar-refractivity contribution in [1.82, 2.24) is 0 Å². The van der Waals surface area contributed by atoms with Crippen molar-refractivity contribution in [3.05, 3.63) is 113 Å². The summed E-state index contributed by atoms with van der Waals surface area (Å²) in [6.07, 6.45) is 1.41. The zero-order valence-corrected chi connectivity index (χ0v) is 20.9. The van der Waals surface area contributed by atoms with E-state index in [-0.39, 0.29) is 17.6 Å². The molecule has 2 unspecified atom stereocenters. The lowest BCUT2D eigenvalue weighted by atomic mass is 9.80. The van der Waals surface area contributed by atoms with Crippen molar-refractivity contribution >= 4 is 60.3 Å². The van der Waals surface area contributed by atoms with E-state index in [1.165, 1.54) is 9.75 Å². The Morgan fingerprint density at radius 1 is 0.667 bits per heavy atom. The van der Waals surface area contributed by atoms with E-state index in [2.05, 4.69) is 79.0 Å². The first-order chi connectivity index (χ1) is 14.6. The minimum atomic E-state index is -0.190. The van der Waals surface area contributed by atoms with Gasteiger partial charge in [-0.1, -0.05) is 60.7 Å². The molecule has 4 rings (SSSR count). The minimum absolute atomic E-state index is 0.190. The molecule has 30 heavy (non-hydrogen) atoms. The maximum Gasteiger partial charge on any atom is 0.148 e. The fraction of sp³-hybridized carbons (Fsp3) is 0.160. The van der Waals surface area contributed by atoms with Crippen molar-refractivity contribution in [2.24, 2.45) is 0 Å². The summed E-state index contributed by atoms with van der Waals surface area (Å²) >= 11 is 10.7. The van der Waals surface area contributed by atoms with E-state index in [1.807, 2.05) is 36.4 Å². The first-order valence-electron chi connectivity index (χ1n) is 9.71. The molecule has 2 aromatic heterocycles. The first-order valence-corrected chi connectivity index (χ1v) is 13.1. The van der Waals surface area contributed by atoms with Gasteiger partial charge in [-0.2, -0.15) is 0 Å². The lowest BCUT2D eigenvalue weighted by molar-refractivity contribution is -0.122. The van der Waals surface area contributed by atoms with Gasteiger partial charge in [0.25, 0.3) is 0 Å². The molecule has 0 saturated carbocycles. The number of hydrogen-bond acceptors (Lipinski definition) is 3. The van der Waals surface area contributed by atoms with Crippen LogP contribution < -0.4 is 0 Å². The van der Waals surface area contributed by atoms with E-state index in [0.717, 1.165) is 20.1 Å². The standard InChI is InChI=1S/C25H20Br2OS2/c26-21-11-13-29-23(21)15-19(17-7-3-1-4-8-17)25(28)20(18-9-5-2-6-10-18)16-24-22(27)12-14-30-24/h1-14,19-20H,15-16H2. The Hall–Kier alpha value is -1.53. The Morgan fingerprint density at radius 3 is 1.40 bits per heavy atom. The van der Waals surface area contributed by atoms with Crippen molar-refractivity contribution in [2.75, 3.05) is 0 Å². The van der Waals surface area contributed by atoms with Crippen LogP contribution >= 0.6 is 54.5 Å². The predicted octanol–water partition coefficient (Wildman–Crippen LogP) is 8.26. The fourth-order valence-corrected chi connectivity index (χ4v) is 6.81. The highest BCUT2D eigenvalue weighted by molar-refractivity contribution is 9.10. The summed E-state index contributed by atoms with van der Waals surface area (Å²) in [5.41, 5.74) is 2.16. The van der Waals surface area contributed by atoms with Gasteiger partial charge in [0, 0.05) is 30.5 Å². The van der Waals surface area contributed by atoms with Gasteiger partial charge in [-0.25, -0.2) is 0 Å². The van der Waals surface area contributed by atoms with Crippen LogP contribution in [0.25, 0.3) is 0 Å². The summed E-state index contributed by atoms with van der Waals surface area (Å²) in [5, 5.41) is 4.15. The molecular weight excluding hydrogens is 540 g/mol. The molecule has 0 fully saturated rings. The molecule has 1 nitrogen and oxygen atoms in total. The Balaban J connectivity index is 1.73. The average Bonchev–Trinajstić information content (AvgIpc) is 3.38. The van der Waals surface area contributed by atoms with Gasteiger partial charge in [0.1, 0.15) is 5.78 Å². The molecule has 0 aliphatic carbocycles. The van der Waals surface area contributed by atoms with Gasteiger partial charge in [-0.3, -0.25) is 4.79 Å². The Bertz CT molecular complexity index is 1010. The zero-order valence-electron chi connectivity index (χ0n) is 16.1. The minimum Gasteiger partial charge on any atom is -0.298 e. The molecule has 0 aliphatic rings. The van der Waals surface area contributed by atoms with Crippen LogP contribution in [0, 0.1) is 0 Å². The Kier molecular flexibility index (Phi) is 7.37. The van der Waals surface area contributed by atoms with Gasteiger partial charge in [0.15, 0.2) is 0 Å². The van der Waals surface area contributed by atoms with Gasteiger partial charge in [0.05, 0.1) is 0 Å². The summed E-state index contributed by atoms with van der Waals surface area (Å²) < 4.78 is 2.16. The third kappa shape index (κ3) is 5.02. The summed E-state index contributed by atoms with van der Waals surface area (Å²) in [4.78, 5) is 16.5. The molecule has 5 heteroatoms. The molecule has 0 bridgehead atoms. The maximum atomic E-state index is 14.1. The summed E-state index contributed by atoms with van der Waals surface area (Å²) in [6, 6.07) is 24.5. The number of hydrogen-bond donors (Lipinski definition) is 0. The molecular formula is C25H20Br2OS2. The van der Waals surface area contributed by atoms with Crippen LogP contribution in [-0.2, 0) is 17.6 Å². The van der Waals surface area contributed by atoms with Gasteiger partial charge >= 0.3 is 0 Å². The molecule has 0 spiro atoms. The smallest absolute Gasteiger partial charge is 0.148 e. The highest BCUT2D eigenvalue weighted by Crippen LogP contribution is 2.37. The molecule has 0 saturated heterocycles. The highest BCUT2D eigenvalue weighted by atomic mass is 79.9. The van der Waals surface area contributed by atoms with E-state index in [9.17, 15) is 4.79 Å². The number of Topliss-reactive ketones (excluding diaryl/α,β-unsaturated/α-hetero) is 1. The van der Waals surface area contributed by atoms with Crippen molar-refractivity contribution in [2.45, 2.75) is 24.7 Å². The number of ketones is 1.